The van der Waals surface area contributed by atoms with Crippen LogP contribution in [-0.4, -0.2) is 30.8 Å². The minimum absolute atomic E-state index is 0.129. The van der Waals surface area contributed by atoms with E-state index >= 15 is 8.78 Å². The van der Waals surface area contributed by atoms with Gasteiger partial charge in [0.2, 0.25) is 0 Å². The van der Waals surface area contributed by atoms with Gasteiger partial charge in [-0.15, -0.1) is 0 Å². The van der Waals surface area contributed by atoms with Gasteiger partial charge in [0.15, 0.2) is 0 Å². The second-order valence-electron chi connectivity index (χ2n) is 9.13. The summed E-state index contributed by atoms with van der Waals surface area (Å²) >= 11 is 6.15. The Balaban J connectivity index is 1.45. The maximum Gasteiger partial charge on any atom is 0.273 e. The van der Waals surface area contributed by atoms with Crippen LogP contribution in [-0.2, 0) is 5.54 Å². The molecule has 2 amide bonds. The molecule has 1 unspecified atom stereocenters. The molecule has 3 aromatic rings. The van der Waals surface area contributed by atoms with Gasteiger partial charge in [-0.1, -0.05) is 29.8 Å². The zero-order valence-electron chi connectivity index (χ0n) is 19.3. The molecule has 35 heavy (non-hydrogen) atoms. The first-order valence-electron chi connectivity index (χ1n) is 11.4. The summed E-state index contributed by atoms with van der Waals surface area (Å²) in [6, 6.07) is 17.0. The molecule has 0 saturated carbocycles. The number of carbonyl (C=O) groups excluding carboxylic acids is 2. The molecular weight excluding hydrogens is 472 g/mol. The van der Waals surface area contributed by atoms with Gasteiger partial charge in [-0.2, -0.15) is 0 Å². The van der Waals surface area contributed by atoms with E-state index in [4.69, 9.17) is 11.6 Å². The summed E-state index contributed by atoms with van der Waals surface area (Å²) in [5, 5.41) is 6.03. The highest BCUT2D eigenvalue weighted by Gasteiger charge is 2.65. The normalized spacial score (nSPS) is 20.2. The molecular formula is C27H24ClF2N3O2. The number of benzene rings is 3. The van der Waals surface area contributed by atoms with Gasteiger partial charge >= 0.3 is 0 Å². The molecule has 2 heterocycles. The largest absolute Gasteiger partial charge is 0.322 e. The molecule has 0 aromatic heterocycles. The Kier molecular flexibility index (Phi) is 5.65. The Bertz CT molecular complexity index is 1350. The first-order valence-corrected chi connectivity index (χ1v) is 11.7. The molecule has 5 nitrogen and oxygen atoms in total. The lowest BCUT2D eigenvalue weighted by atomic mass is 9.90. The van der Waals surface area contributed by atoms with Crippen LogP contribution in [0.4, 0.5) is 20.2 Å². The van der Waals surface area contributed by atoms with Crippen molar-refractivity contribution in [2.24, 2.45) is 0 Å². The minimum Gasteiger partial charge on any atom is -0.322 e. The van der Waals surface area contributed by atoms with Crippen molar-refractivity contribution in [1.29, 1.82) is 0 Å². The van der Waals surface area contributed by atoms with Crippen molar-refractivity contribution < 1.29 is 18.4 Å². The number of amides is 2. The van der Waals surface area contributed by atoms with E-state index in [1.807, 2.05) is 19.1 Å². The number of fused-ring (bicyclic) bond motifs is 2. The molecule has 2 aliphatic heterocycles. The molecule has 2 N–H and O–H groups in total. The number of alkyl halides is 2. The SMILES string of the molecule is Cc1ccccc1C(=O)Nc1ccc(C(=O)N2CCC(F)(F)C3(CN3)c3cc(Cl)ccc32)c(C)c1. The summed E-state index contributed by atoms with van der Waals surface area (Å²) in [5.74, 6) is -3.65. The van der Waals surface area contributed by atoms with Crippen LogP contribution >= 0.6 is 11.6 Å². The Hall–Kier alpha value is -3.29. The van der Waals surface area contributed by atoms with Gasteiger partial charge in [0.1, 0.15) is 5.54 Å². The lowest BCUT2D eigenvalue weighted by Crippen LogP contribution is -2.37. The first-order chi connectivity index (χ1) is 16.6. The molecule has 1 saturated heterocycles. The van der Waals surface area contributed by atoms with Crippen LogP contribution in [0.3, 0.4) is 0 Å². The molecule has 5 rings (SSSR count). The molecule has 1 fully saturated rings. The van der Waals surface area contributed by atoms with Crippen LogP contribution in [0, 0.1) is 13.8 Å². The fourth-order valence-corrected chi connectivity index (χ4v) is 4.94. The number of nitrogens with one attached hydrogen (secondary N) is 2. The number of carbonyl (C=O) groups is 2. The van der Waals surface area contributed by atoms with Gasteiger partial charge in [-0.3, -0.25) is 14.9 Å². The summed E-state index contributed by atoms with van der Waals surface area (Å²) in [6.07, 6.45) is -0.471. The van der Waals surface area contributed by atoms with Gasteiger partial charge in [-0.05, 0) is 67.4 Å². The molecule has 0 radical (unpaired) electrons. The molecule has 0 bridgehead atoms. The summed E-state index contributed by atoms with van der Waals surface area (Å²) in [7, 11) is 0. The van der Waals surface area contributed by atoms with E-state index < -0.39 is 17.9 Å². The molecule has 8 heteroatoms. The number of anilines is 2. The maximum atomic E-state index is 15.1. The third kappa shape index (κ3) is 3.98. The fourth-order valence-electron chi connectivity index (χ4n) is 4.77. The second-order valence-corrected chi connectivity index (χ2v) is 9.57. The summed E-state index contributed by atoms with van der Waals surface area (Å²) in [5.41, 5.74) is 2.23. The minimum atomic E-state index is -3.03. The number of hydrogen-bond acceptors (Lipinski definition) is 3. The van der Waals surface area contributed by atoms with Crippen LogP contribution in [0.25, 0.3) is 0 Å². The van der Waals surface area contributed by atoms with Crippen LogP contribution in [0.5, 0.6) is 0 Å². The molecule has 1 atom stereocenters. The highest BCUT2D eigenvalue weighted by Crippen LogP contribution is 2.52. The number of aryl methyl sites for hydroxylation is 2. The van der Waals surface area contributed by atoms with Gasteiger partial charge in [0.25, 0.3) is 17.7 Å². The highest BCUT2D eigenvalue weighted by atomic mass is 35.5. The van der Waals surface area contributed by atoms with Crippen molar-refractivity contribution in [2.45, 2.75) is 31.7 Å². The quantitative estimate of drug-likeness (QED) is 0.458. The first kappa shape index (κ1) is 23.5. The van der Waals surface area contributed by atoms with E-state index in [0.717, 1.165) is 5.56 Å². The van der Waals surface area contributed by atoms with Crippen LogP contribution in [0.2, 0.25) is 5.02 Å². The van der Waals surface area contributed by atoms with Crippen molar-refractivity contribution in [3.8, 4) is 0 Å². The van der Waals surface area contributed by atoms with E-state index in [9.17, 15) is 9.59 Å². The highest BCUT2D eigenvalue weighted by molar-refractivity contribution is 6.30. The van der Waals surface area contributed by atoms with Crippen LogP contribution in [0.1, 0.15) is 43.8 Å². The summed E-state index contributed by atoms with van der Waals surface area (Å²) in [4.78, 5) is 27.7. The van der Waals surface area contributed by atoms with E-state index in [-0.39, 0.29) is 24.9 Å². The lowest BCUT2D eigenvalue weighted by molar-refractivity contribution is -0.0444. The molecule has 1 spiro atoms. The number of rotatable bonds is 3. The van der Waals surface area contributed by atoms with E-state index in [0.29, 0.717) is 38.7 Å². The number of nitrogens with zero attached hydrogens (tertiary/aromatic N) is 1. The zero-order valence-corrected chi connectivity index (χ0v) is 20.0. The summed E-state index contributed by atoms with van der Waals surface area (Å²) in [6.45, 7) is 3.62. The Morgan fingerprint density at radius 2 is 1.74 bits per heavy atom. The predicted octanol–water partition coefficient (Wildman–Crippen LogP) is 5.69. The third-order valence-electron chi connectivity index (χ3n) is 6.86. The molecule has 180 valence electrons. The molecule has 0 aliphatic carbocycles. The van der Waals surface area contributed by atoms with Gasteiger partial charge in [0, 0.05) is 52.6 Å². The van der Waals surface area contributed by atoms with E-state index in [2.05, 4.69) is 10.6 Å². The van der Waals surface area contributed by atoms with Crippen LogP contribution < -0.4 is 15.5 Å². The predicted molar refractivity (Wildman–Crippen MR) is 133 cm³/mol. The van der Waals surface area contributed by atoms with Crippen molar-refractivity contribution in [1.82, 2.24) is 5.32 Å². The Morgan fingerprint density at radius 1 is 1.00 bits per heavy atom. The van der Waals surface area contributed by atoms with Crippen molar-refractivity contribution in [3.05, 3.63) is 93.5 Å². The van der Waals surface area contributed by atoms with E-state index in [1.54, 1.807) is 49.4 Å². The molecule has 2 aliphatic rings. The zero-order chi connectivity index (χ0) is 25.0. The Labute approximate surface area is 207 Å². The Morgan fingerprint density at radius 3 is 2.43 bits per heavy atom. The van der Waals surface area contributed by atoms with Gasteiger partial charge in [0.05, 0.1) is 0 Å². The van der Waals surface area contributed by atoms with Crippen molar-refractivity contribution in [3.63, 3.8) is 0 Å². The van der Waals surface area contributed by atoms with Crippen molar-refractivity contribution >= 4 is 34.8 Å². The number of halogens is 3. The standard InChI is InChI=1S/C27H24ClF2N3O2/c1-16-5-3-4-6-20(16)24(34)32-19-8-9-21(17(2)13-19)25(35)33-12-11-27(29,30)26(15-31-26)22-14-18(28)7-10-23(22)33/h3-10,13-14,31H,11-12,15H2,1-2H3,(H,32,34). The lowest BCUT2D eigenvalue weighted by Gasteiger charge is -2.25. The topological polar surface area (TPSA) is 71.4 Å². The average molecular weight is 496 g/mol. The van der Waals surface area contributed by atoms with Crippen molar-refractivity contribution in [2.75, 3.05) is 23.3 Å². The fraction of sp³-hybridized carbons (Fsp3) is 0.259. The average Bonchev–Trinajstić information content (AvgIpc) is 3.63. The second kappa shape index (κ2) is 8.43. The monoisotopic (exact) mass is 495 g/mol. The number of hydrogen-bond donors (Lipinski definition) is 2. The molecule has 3 aromatic carbocycles. The van der Waals surface area contributed by atoms with Crippen LogP contribution in [0.15, 0.2) is 60.7 Å². The van der Waals surface area contributed by atoms with E-state index in [1.165, 1.54) is 11.0 Å². The van der Waals surface area contributed by atoms with Gasteiger partial charge < -0.3 is 10.2 Å². The third-order valence-corrected chi connectivity index (χ3v) is 7.10. The van der Waals surface area contributed by atoms with Gasteiger partial charge in [-0.25, -0.2) is 8.78 Å². The maximum absolute atomic E-state index is 15.1. The smallest absolute Gasteiger partial charge is 0.273 e. The summed E-state index contributed by atoms with van der Waals surface area (Å²) < 4.78 is 30.2.